The van der Waals surface area contributed by atoms with E-state index in [1.165, 1.54) is 21.5 Å². The van der Waals surface area contributed by atoms with Crippen LogP contribution in [0, 0.1) is 20.8 Å². The van der Waals surface area contributed by atoms with E-state index in [2.05, 4.69) is 29.1 Å². The Labute approximate surface area is 191 Å². The first kappa shape index (κ1) is 23.2. The smallest absolute Gasteiger partial charge is 0.243 e. The molecule has 2 heterocycles. The number of aryl methyl sites for hydroxylation is 4. The molecule has 1 atom stereocenters. The molecule has 6 nitrogen and oxygen atoms in total. The number of aromatic nitrogens is 2. The van der Waals surface area contributed by atoms with Crippen molar-refractivity contribution in [1.82, 2.24) is 14.9 Å². The Morgan fingerprint density at radius 3 is 2.61 bits per heavy atom. The molecule has 1 N–H and O–H groups in total. The molecule has 0 unspecified atom stereocenters. The lowest BCUT2D eigenvalue weighted by molar-refractivity contribution is -0.132. The van der Waals surface area contributed by atoms with Gasteiger partial charge in [-0.05, 0) is 51.3 Å². The summed E-state index contributed by atoms with van der Waals surface area (Å²) >= 11 is 3.07. The van der Waals surface area contributed by atoms with Gasteiger partial charge in [-0.15, -0.1) is 11.3 Å². The van der Waals surface area contributed by atoms with Crippen LogP contribution in [0.3, 0.4) is 0 Å². The van der Waals surface area contributed by atoms with E-state index in [-0.39, 0.29) is 23.6 Å². The number of nitrogens with one attached hydrogen (secondary N) is 1. The van der Waals surface area contributed by atoms with Gasteiger partial charge in [0.25, 0.3) is 0 Å². The minimum atomic E-state index is -0.377. The maximum Gasteiger partial charge on any atom is 0.243 e. The van der Waals surface area contributed by atoms with Gasteiger partial charge in [0.2, 0.25) is 11.8 Å². The quantitative estimate of drug-likeness (QED) is 0.410. The summed E-state index contributed by atoms with van der Waals surface area (Å²) < 4.78 is 0. The average Bonchev–Trinajstić information content (AvgIpc) is 3.00. The van der Waals surface area contributed by atoms with E-state index in [0.717, 1.165) is 38.5 Å². The van der Waals surface area contributed by atoms with E-state index < -0.39 is 0 Å². The highest BCUT2D eigenvalue weighted by atomic mass is 32.2. The number of fused-ring (bicyclic) bond motifs is 1. The van der Waals surface area contributed by atoms with Crippen molar-refractivity contribution < 1.29 is 9.59 Å². The lowest BCUT2D eigenvalue weighted by Crippen LogP contribution is -2.39. The number of carbonyl (C=O) groups excluding carboxylic acids is 2. The van der Waals surface area contributed by atoms with Crippen molar-refractivity contribution in [2.75, 3.05) is 18.9 Å². The number of likely N-dealkylation sites (N-methyl/N-ethyl adjacent to an activating group) is 1. The molecular formula is C23H28N4O2S2. The number of hydrogen-bond acceptors (Lipinski definition) is 6. The van der Waals surface area contributed by atoms with Gasteiger partial charge in [0.15, 0.2) is 0 Å². The number of para-hydroxylation sites is 1. The molecule has 3 aromatic rings. The van der Waals surface area contributed by atoms with E-state index in [1.54, 1.807) is 18.4 Å². The van der Waals surface area contributed by atoms with Crippen molar-refractivity contribution in [1.29, 1.82) is 0 Å². The molecule has 8 heteroatoms. The Morgan fingerprint density at radius 1 is 1.19 bits per heavy atom. The Morgan fingerprint density at radius 2 is 1.90 bits per heavy atom. The Bertz CT molecular complexity index is 1130. The van der Waals surface area contributed by atoms with E-state index in [4.69, 9.17) is 0 Å². The monoisotopic (exact) mass is 456 g/mol. The fraction of sp³-hybridized carbons (Fsp3) is 0.391. The van der Waals surface area contributed by atoms with Gasteiger partial charge in [0.1, 0.15) is 15.7 Å². The predicted molar refractivity (Wildman–Crippen MR) is 129 cm³/mol. The highest BCUT2D eigenvalue weighted by molar-refractivity contribution is 8.00. The van der Waals surface area contributed by atoms with Crippen LogP contribution >= 0.6 is 23.1 Å². The van der Waals surface area contributed by atoms with Crippen molar-refractivity contribution in [2.24, 2.45) is 0 Å². The van der Waals surface area contributed by atoms with E-state index in [9.17, 15) is 9.59 Å². The second-order valence-electron chi connectivity index (χ2n) is 7.55. The van der Waals surface area contributed by atoms with E-state index >= 15 is 0 Å². The molecule has 164 valence electrons. The highest BCUT2D eigenvalue weighted by Crippen LogP contribution is 2.36. The summed E-state index contributed by atoms with van der Waals surface area (Å²) in [5.41, 5.74) is 3.02. The number of benzene rings is 1. The van der Waals surface area contributed by atoms with Gasteiger partial charge in [-0.2, -0.15) is 0 Å². The molecular weight excluding hydrogens is 428 g/mol. The molecule has 0 aliphatic heterocycles. The van der Waals surface area contributed by atoms with Crippen LogP contribution in [0.4, 0.5) is 5.69 Å². The third-order valence-electron chi connectivity index (χ3n) is 5.17. The Balaban J connectivity index is 1.69. The van der Waals surface area contributed by atoms with Crippen LogP contribution in [-0.4, -0.2) is 45.5 Å². The summed E-state index contributed by atoms with van der Waals surface area (Å²) in [7, 11) is 1.66. The van der Waals surface area contributed by atoms with Crippen LogP contribution in [0.2, 0.25) is 0 Å². The summed E-state index contributed by atoms with van der Waals surface area (Å²) in [4.78, 5) is 38.2. The lowest BCUT2D eigenvalue weighted by atomic mass is 10.1. The van der Waals surface area contributed by atoms with Crippen LogP contribution in [0.1, 0.15) is 35.7 Å². The standard InChI is InChI=1S/C23H28N4O2S2/c1-7-17-10-8-9-11-18(17)26-19(28)12-27(6)23(29)15(4)31-22-20-13(2)14(3)30-21(20)24-16(5)25-22/h8-11,15H,7,12H2,1-6H3,(H,26,28)/t15-/m0/s1. The highest BCUT2D eigenvalue weighted by Gasteiger charge is 2.24. The first-order valence-electron chi connectivity index (χ1n) is 10.2. The molecule has 2 amide bonds. The normalized spacial score (nSPS) is 12.1. The van der Waals surface area contributed by atoms with Gasteiger partial charge in [0.05, 0.1) is 11.8 Å². The van der Waals surface area contributed by atoms with E-state index in [1.807, 2.05) is 45.0 Å². The van der Waals surface area contributed by atoms with Gasteiger partial charge >= 0.3 is 0 Å². The Hall–Kier alpha value is -2.45. The van der Waals surface area contributed by atoms with Crippen molar-refractivity contribution in [3.8, 4) is 0 Å². The fourth-order valence-electron chi connectivity index (χ4n) is 3.36. The molecule has 3 rings (SSSR count). The molecule has 0 spiro atoms. The van der Waals surface area contributed by atoms with Crippen LogP contribution in [0.5, 0.6) is 0 Å². The molecule has 0 bridgehead atoms. The van der Waals surface area contributed by atoms with Gasteiger partial charge in [0, 0.05) is 23.0 Å². The summed E-state index contributed by atoms with van der Waals surface area (Å²) in [6, 6.07) is 7.71. The lowest BCUT2D eigenvalue weighted by Gasteiger charge is -2.21. The van der Waals surface area contributed by atoms with Gasteiger partial charge < -0.3 is 10.2 Å². The number of nitrogens with zero attached hydrogens (tertiary/aromatic N) is 3. The SMILES string of the molecule is CCc1ccccc1NC(=O)CN(C)C(=O)[C@H](C)Sc1nc(C)nc2sc(C)c(C)c12. The van der Waals surface area contributed by atoms with Gasteiger partial charge in [-0.1, -0.05) is 36.9 Å². The second-order valence-corrected chi connectivity index (χ2v) is 10.1. The van der Waals surface area contributed by atoms with Gasteiger partial charge in [-0.3, -0.25) is 9.59 Å². The minimum absolute atomic E-state index is 0.00339. The predicted octanol–water partition coefficient (Wildman–Crippen LogP) is 4.76. The minimum Gasteiger partial charge on any atom is -0.335 e. The summed E-state index contributed by atoms with van der Waals surface area (Å²) in [6.07, 6.45) is 0.827. The van der Waals surface area contributed by atoms with Crippen LogP contribution < -0.4 is 5.32 Å². The summed E-state index contributed by atoms with van der Waals surface area (Å²) in [5.74, 6) is 0.370. The van der Waals surface area contributed by atoms with Crippen molar-refractivity contribution in [3.05, 3.63) is 46.1 Å². The third kappa shape index (κ3) is 5.25. The third-order valence-corrected chi connectivity index (χ3v) is 7.35. The zero-order valence-corrected chi connectivity index (χ0v) is 20.4. The molecule has 0 aliphatic rings. The number of thiophene rings is 1. The fourth-order valence-corrected chi connectivity index (χ4v) is 5.67. The largest absolute Gasteiger partial charge is 0.335 e. The number of amides is 2. The summed E-state index contributed by atoms with van der Waals surface area (Å²) in [5, 5.41) is 4.38. The van der Waals surface area contributed by atoms with Crippen LogP contribution in [0.15, 0.2) is 29.3 Å². The molecule has 0 fully saturated rings. The zero-order chi connectivity index (χ0) is 22.7. The number of anilines is 1. The molecule has 2 aromatic heterocycles. The zero-order valence-electron chi connectivity index (χ0n) is 18.8. The molecule has 0 aliphatic carbocycles. The van der Waals surface area contributed by atoms with Crippen LogP contribution in [0.25, 0.3) is 10.2 Å². The molecule has 0 saturated carbocycles. The van der Waals surface area contributed by atoms with Crippen molar-refractivity contribution >= 4 is 50.8 Å². The number of rotatable bonds is 7. The topological polar surface area (TPSA) is 75.2 Å². The molecule has 31 heavy (non-hydrogen) atoms. The maximum atomic E-state index is 13.0. The second kappa shape index (κ2) is 9.78. The van der Waals surface area contributed by atoms with Gasteiger partial charge in [-0.25, -0.2) is 9.97 Å². The first-order chi connectivity index (χ1) is 14.7. The van der Waals surface area contributed by atoms with Crippen molar-refractivity contribution in [2.45, 2.75) is 51.3 Å². The molecule has 0 saturated heterocycles. The molecule has 1 aromatic carbocycles. The number of hydrogen-bond donors (Lipinski definition) is 1. The first-order valence-corrected chi connectivity index (χ1v) is 11.9. The van der Waals surface area contributed by atoms with Crippen LogP contribution in [-0.2, 0) is 16.0 Å². The average molecular weight is 457 g/mol. The molecule has 0 radical (unpaired) electrons. The maximum absolute atomic E-state index is 13.0. The number of carbonyl (C=O) groups is 2. The van der Waals surface area contributed by atoms with Crippen molar-refractivity contribution in [3.63, 3.8) is 0 Å². The number of thioether (sulfide) groups is 1. The summed E-state index contributed by atoms with van der Waals surface area (Å²) in [6.45, 7) is 9.90. The Kier molecular flexibility index (Phi) is 7.33. The van der Waals surface area contributed by atoms with E-state index in [0.29, 0.717) is 5.82 Å².